The van der Waals surface area contributed by atoms with E-state index < -0.39 is 15.6 Å². The van der Waals surface area contributed by atoms with Crippen molar-refractivity contribution in [3.63, 3.8) is 0 Å². The van der Waals surface area contributed by atoms with Gasteiger partial charge < -0.3 is 10.1 Å². The van der Waals surface area contributed by atoms with Crippen molar-refractivity contribution in [1.29, 1.82) is 0 Å². The highest BCUT2D eigenvalue weighted by atomic mass is 35.5. The summed E-state index contributed by atoms with van der Waals surface area (Å²) in [5.41, 5.74) is 1.03. The summed E-state index contributed by atoms with van der Waals surface area (Å²) in [6.45, 7) is 5.17. The fourth-order valence-corrected chi connectivity index (χ4v) is 4.53. The molecule has 0 aromatic heterocycles. The molecule has 0 saturated carbocycles. The van der Waals surface area contributed by atoms with Crippen LogP contribution in [-0.4, -0.2) is 34.2 Å². The summed E-state index contributed by atoms with van der Waals surface area (Å²) in [6.07, 6.45) is 0.662. The molecule has 0 aliphatic carbocycles. The molecule has 5 nitrogen and oxygen atoms in total. The molecule has 0 spiro atoms. The molecule has 1 aromatic rings. The maximum absolute atomic E-state index is 12.7. The SMILES string of the molecule is CNCc1cc(Cl)cc(S(=O)(=O)NC2(C)CCOC2)c1C. The van der Waals surface area contributed by atoms with Gasteiger partial charge in [0, 0.05) is 18.2 Å². The molecule has 1 heterocycles. The molecule has 0 bridgehead atoms. The lowest BCUT2D eigenvalue weighted by Crippen LogP contribution is -2.46. The average Bonchev–Trinajstić information content (AvgIpc) is 2.79. The second-order valence-electron chi connectivity index (χ2n) is 5.69. The summed E-state index contributed by atoms with van der Waals surface area (Å²) in [7, 11) is -1.83. The highest BCUT2D eigenvalue weighted by Crippen LogP contribution is 2.27. The molecule has 0 amide bonds. The lowest BCUT2D eigenvalue weighted by atomic mass is 10.0. The number of ether oxygens (including phenoxy) is 1. The minimum Gasteiger partial charge on any atom is -0.379 e. The first-order valence-electron chi connectivity index (χ1n) is 6.83. The first-order chi connectivity index (χ1) is 9.77. The average molecular weight is 333 g/mol. The van der Waals surface area contributed by atoms with E-state index in [1.54, 1.807) is 13.0 Å². The van der Waals surface area contributed by atoms with E-state index >= 15 is 0 Å². The van der Waals surface area contributed by atoms with Gasteiger partial charge in [-0.3, -0.25) is 0 Å². The van der Waals surface area contributed by atoms with Gasteiger partial charge in [-0.25, -0.2) is 13.1 Å². The molecule has 118 valence electrons. The largest absolute Gasteiger partial charge is 0.379 e. The minimum atomic E-state index is -3.64. The first kappa shape index (κ1) is 16.7. The molecule has 1 aliphatic rings. The summed E-state index contributed by atoms with van der Waals surface area (Å²) < 4.78 is 33.4. The van der Waals surface area contributed by atoms with Crippen molar-refractivity contribution >= 4 is 21.6 Å². The third-order valence-electron chi connectivity index (χ3n) is 3.69. The van der Waals surface area contributed by atoms with Crippen LogP contribution in [0.15, 0.2) is 17.0 Å². The fraction of sp³-hybridized carbons (Fsp3) is 0.571. The summed E-state index contributed by atoms with van der Waals surface area (Å²) >= 11 is 6.07. The highest BCUT2D eigenvalue weighted by Gasteiger charge is 2.35. The van der Waals surface area contributed by atoms with Crippen molar-refractivity contribution in [3.8, 4) is 0 Å². The lowest BCUT2D eigenvalue weighted by Gasteiger charge is -2.24. The maximum Gasteiger partial charge on any atom is 0.241 e. The molecule has 0 radical (unpaired) electrons. The number of rotatable bonds is 5. The molecular formula is C14H21ClN2O3S. The normalized spacial score (nSPS) is 22.7. The second-order valence-corrected chi connectivity index (χ2v) is 7.77. The van der Waals surface area contributed by atoms with Crippen LogP contribution in [0.3, 0.4) is 0 Å². The molecule has 1 aliphatic heterocycles. The van der Waals surface area contributed by atoms with Crippen molar-refractivity contribution in [1.82, 2.24) is 10.0 Å². The predicted octanol–water partition coefficient (Wildman–Crippen LogP) is 1.83. The molecule has 1 atom stereocenters. The summed E-state index contributed by atoms with van der Waals surface area (Å²) in [5.74, 6) is 0. The van der Waals surface area contributed by atoms with Crippen LogP contribution < -0.4 is 10.0 Å². The zero-order valence-corrected chi connectivity index (χ0v) is 14.1. The number of hydrogen-bond acceptors (Lipinski definition) is 4. The van der Waals surface area contributed by atoms with Crippen LogP contribution >= 0.6 is 11.6 Å². The van der Waals surface area contributed by atoms with Crippen molar-refractivity contribution in [2.45, 2.75) is 37.2 Å². The van der Waals surface area contributed by atoms with E-state index in [1.165, 1.54) is 6.07 Å². The standard InChI is InChI=1S/C14H21ClN2O3S/c1-10-11(8-16-3)6-12(15)7-13(10)21(18,19)17-14(2)4-5-20-9-14/h6-7,16-17H,4-5,8-9H2,1-3H3. The zero-order chi connectivity index (χ0) is 15.7. The molecule has 2 rings (SSSR count). The number of benzene rings is 1. The fourth-order valence-electron chi connectivity index (χ4n) is 2.49. The van der Waals surface area contributed by atoms with Gasteiger partial charge >= 0.3 is 0 Å². The summed E-state index contributed by atoms with van der Waals surface area (Å²) in [5, 5.41) is 3.43. The Labute approximate surface area is 131 Å². The van der Waals surface area contributed by atoms with Gasteiger partial charge in [0.05, 0.1) is 17.0 Å². The number of hydrogen-bond donors (Lipinski definition) is 2. The van der Waals surface area contributed by atoms with E-state index in [1.807, 2.05) is 14.0 Å². The van der Waals surface area contributed by atoms with Crippen LogP contribution in [0.4, 0.5) is 0 Å². The van der Waals surface area contributed by atoms with E-state index in [2.05, 4.69) is 10.0 Å². The highest BCUT2D eigenvalue weighted by molar-refractivity contribution is 7.89. The van der Waals surface area contributed by atoms with Crippen LogP contribution in [-0.2, 0) is 21.3 Å². The smallest absolute Gasteiger partial charge is 0.241 e. The Morgan fingerprint density at radius 3 is 2.71 bits per heavy atom. The Balaban J connectivity index is 2.39. The molecule has 1 aromatic carbocycles. The van der Waals surface area contributed by atoms with Crippen LogP contribution in [0.2, 0.25) is 5.02 Å². The Morgan fingerprint density at radius 1 is 1.43 bits per heavy atom. The van der Waals surface area contributed by atoms with E-state index in [0.29, 0.717) is 36.8 Å². The lowest BCUT2D eigenvalue weighted by molar-refractivity contribution is 0.178. The van der Waals surface area contributed by atoms with Crippen LogP contribution in [0.25, 0.3) is 0 Å². The third-order valence-corrected chi connectivity index (χ3v) is 5.67. The zero-order valence-electron chi connectivity index (χ0n) is 12.5. The molecule has 1 fully saturated rings. The number of nitrogens with one attached hydrogen (secondary N) is 2. The van der Waals surface area contributed by atoms with Gasteiger partial charge in [0.15, 0.2) is 0 Å². The molecular weight excluding hydrogens is 312 g/mol. The predicted molar refractivity (Wildman–Crippen MR) is 83.1 cm³/mol. The molecule has 2 N–H and O–H groups in total. The van der Waals surface area contributed by atoms with E-state index in [0.717, 1.165) is 5.56 Å². The van der Waals surface area contributed by atoms with E-state index in [4.69, 9.17) is 16.3 Å². The van der Waals surface area contributed by atoms with Crippen molar-refractivity contribution in [2.75, 3.05) is 20.3 Å². The van der Waals surface area contributed by atoms with Gasteiger partial charge in [-0.05, 0) is 50.6 Å². The van der Waals surface area contributed by atoms with Gasteiger partial charge in [0.1, 0.15) is 0 Å². The third kappa shape index (κ3) is 3.76. The Bertz CT molecular complexity index is 625. The molecule has 1 saturated heterocycles. The first-order valence-corrected chi connectivity index (χ1v) is 8.69. The number of halogens is 1. The summed E-state index contributed by atoms with van der Waals surface area (Å²) in [4.78, 5) is 0.230. The van der Waals surface area contributed by atoms with Gasteiger partial charge in [-0.15, -0.1) is 0 Å². The Kier molecular flexibility index (Phi) is 4.95. The quantitative estimate of drug-likeness (QED) is 0.863. The monoisotopic (exact) mass is 332 g/mol. The van der Waals surface area contributed by atoms with E-state index in [9.17, 15) is 8.42 Å². The van der Waals surface area contributed by atoms with Gasteiger partial charge in [-0.1, -0.05) is 11.6 Å². The summed E-state index contributed by atoms with van der Waals surface area (Å²) in [6, 6.07) is 3.28. The molecule has 21 heavy (non-hydrogen) atoms. The van der Waals surface area contributed by atoms with Gasteiger partial charge in [0.25, 0.3) is 0 Å². The Morgan fingerprint density at radius 2 is 2.14 bits per heavy atom. The van der Waals surface area contributed by atoms with Crippen molar-refractivity contribution < 1.29 is 13.2 Å². The molecule has 7 heteroatoms. The minimum absolute atomic E-state index is 0.230. The molecule has 1 unspecified atom stereocenters. The maximum atomic E-state index is 12.7. The van der Waals surface area contributed by atoms with Gasteiger partial charge in [-0.2, -0.15) is 0 Å². The van der Waals surface area contributed by atoms with Crippen molar-refractivity contribution in [3.05, 3.63) is 28.3 Å². The van der Waals surface area contributed by atoms with Crippen LogP contribution in [0.1, 0.15) is 24.5 Å². The van der Waals surface area contributed by atoms with E-state index in [-0.39, 0.29) is 4.90 Å². The van der Waals surface area contributed by atoms with Crippen LogP contribution in [0, 0.1) is 6.92 Å². The van der Waals surface area contributed by atoms with Crippen molar-refractivity contribution in [2.24, 2.45) is 0 Å². The topological polar surface area (TPSA) is 67.4 Å². The Hall–Kier alpha value is -0.660. The van der Waals surface area contributed by atoms with Gasteiger partial charge in [0.2, 0.25) is 10.0 Å². The van der Waals surface area contributed by atoms with Crippen LogP contribution in [0.5, 0.6) is 0 Å². The second kappa shape index (κ2) is 6.22. The number of sulfonamides is 1.